The van der Waals surface area contributed by atoms with E-state index in [-0.39, 0.29) is 12.3 Å². The van der Waals surface area contributed by atoms with Crippen LogP contribution in [0.1, 0.15) is 25.7 Å². The molecule has 1 rings (SSSR count). The van der Waals surface area contributed by atoms with Crippen molar-refractivity contribution in [1.82, 2.24) is 10.4 Å². The lowest BCUT2D eigenvalue weighted by Crippen LogP contribution is -2.51. The number of nitrogens with two attached hydrogens (primary N) is 1. The monoisotopic (exact) mass is 231 g/mol. The van der Waals surface area contributed by atoms with E-state index < -0.39 is 0 Å². The summed E-state index contributed by atoms with van der Waals surface area (Å²) < 4.78 is 10.4. The van der Waals surface area contributed by atoms with Gasteiger partial charge < -0.3 is 15.2 Å². The molecule has 1 aliphatic rings. The highest BCUT2D eigenvalue weighted by molar-refractivity contribution is 4.70. The van der Waals surface area contributed by atoms with Crippen molar-refractivity contribution >= 4 is 0 Å². The molecule has 0 amide bonds. The van der Waals surface area contributed by atoms with E-state index in [0.717, 1.165) is 19.5 Å². The Morgan fingerprint density at radius 2 is 1.81 bits per heavy atom. The van der Waals surface area contributed by atoms with Crippen LogP contribution in [0.4, 0.5) is 0 Å². The second-order valence-corrected chi connectivity index (χ2v) is 4.25. The van der Waals surface area contributed by atoms with Gasteiger partial charge >= 0.3 is 0 Å². The third-order valence-electron chi connectivity index (χ3n) is 3.01. The van der Waals surface area contributed by atoms with E-state index in [1.807, 2.05) is 0 Å². The summed E-state index contributed by atoms with van der Waals surface area (Å²) in [6.07, 6.45) is 4.47. The summed E-state index contributed by atoms with van der Waals surface area (Å²) in [5.41, 5.74) is 9.20. The van der Waals surface area contributed by atoms with E-state index in [1.54, 1.807) is 14.2 Å². The Morgan fingerprint density at radius 3 is 2.31 bits per heavy atom. The van der Waals surface area contributed by atoms with Gasteiger partial charge in [0.2, 0.25) is 0 Å². The van der Waals surface area contributed by atoms with E-state index in [2.05, 4.69) is 10.4 Å². The van der Waals surface area contributed by atoms with Crippen molar-refractivity contribution < 1.29 is 9.47 Å². The van der Waals surface area contributed by atoms with Gasteiger partial charge in [-0.1, -0.05) is 6.42 Å². The Bertz CT molecular complexity index is 171. The van der Waals surface area contributed by atoms with Gasteiger partial charge in [-0.25, -0.2) is 5.01 Å². The van der Waals surface area contributed by atoms with Crippen molar-refractivity contribution in [3.63, 3.8) is 0 Å². The Labute approximate surface area is 98.2 Å². The molecule has 3 N–H and O–H groups in total. The molecule has 0 bridgehead atoms. The summed E-state index contributed by atoms with van der Waals surface area (Å²) in [7, 11) is 3.31. The van der Waals surface area contributed by atoms with E-state index in [0.29, 0.717) is 6.54 Å². The van der Waals surface area contributed by atoms with Crippen LogP contribution in [0.15, 0.2) is 0 Å². The maximum absolute atomic E-state index is 5.75. The van der Waals surface area contributed by atoms with Crippen molar-refractivity contribution in [2.75, 3.05) is 33.9 Å². The van der Waals surface area contributed by atoms with Crippen LogP contribution >= 0.6 is 0 Å². The first kappa shape index (κ1) is 13.9. The molecular formula is C11H25N3O2. The van der Waals surface area contributed by atoms with Gasteiger partial charge in [-0.2, -0.15) is 0 Å². The van der Waals surface area contributed by atoms with E-state index >= 15 is 0 Å². The third kappa shape index (κ3) is 4.76. The average molecular weight is 231 g/mol. The molecule has 1 aliphatic heterocycles. The fourth-order valence-electron chi connectivity index (χ4n) is 2.00. The Morgan fingerprint density at radius 1 is 1.19 bits per heavy atom. The minimum Gasteiger partial charge on any atom is -0.356 e. The van der Waals surface area contributed by atoms with Gasteiger partial charge in [-0.3, -0.25) is 5.43 Å². The first-order valence-electron chi connectivity index (χ1n) is 6.07. The van der Waals surface area contributed by atoms with Gasteiger partial charge in [0.05, 0.1) is 0 Å². The maximum Gasteiger partial charge on any atom is 0.158 e. The van der Waals surface area contributed by atoms with E-state index in [9.17, 15) is 0 Å². The Hall–Kier alpha value is -0.200. The molecule has 96 valence electrons. The number of hydrogen-bond acceptors (Lipinski definition) is 5. The van der Waals surface area contributed by atoms with Crippen molar-refractivity contribution in [3.8, 4) is 0 Å². The molecule has 0 aromatic rings. The summed E-state index contributed by atoms with van der Waals surface area (Å²) in [5, 5.41) is 2.27. The number of hydrazine groups is 1. The maximum atomic E-state index is 5.75. The van der Waals surface area contributed by atoms with Crippen LogP contribution in [0.25, 0.3) is 0 Å². The van der Waals surface area contributed by atoms with Crippen LogP contribution in [0.5, 0.6) is 0 Å². The molecule has 1 unspecified atom stereocenters. The van der Waals surface area contributed by atoms with Crippen LogP contribution in [-0.2, 0) is 9.47 Å². The standard InChI is InChI=1S/C11H25N3O2/c1-15-11(16-2)8-10(9-12)13-14-6-4-3-5-7-14/h10-11,13H,3-9,12H2,1-2H3. The number of hydrogen-bond donors (Lipinski definition) is 2. The summed E-state index contributed by atoms with van der Waals surface area (Å²) >= 11 is 0. The molecule has 16 heavy (non-hydrogen) atoms. The topological polar surface area (TPSA) is 59.8 Å². The van der Waals surface area contributed by atoms with Crippen LogP contribution in [-0.4, -0.2) is 51.2 Å². The van der Waals surface area contributed by atoms with Crippen LogP contribution < -0.4 is 11.2 Å². The van der Waals surface area contributed by atoms with Gasteiger partial charge in [0.25, 0.3) is 0 Å². The zero-order valence-corrected chi connectivity index (χ0v) is 10.4. The summed E-state index contributed by atoms with van der Waals surface area (Å²) in [6, 6.07) is 0.225. The van der Waals surface area contributed by atoms with Gasteiger partial charge in [0.15, 0.2) is 6.29 Å². The summed E-state index contributed by atoms with van der Waals surface area (Å²) in [6.45, 7) is 2.82. The highest BCUT2D eigenvalue weighted by Crippen LogP contribution is 2.08. The highest BCUT2D eigenvalue weighted by Gasteiger charge is 2.18. The predicted octanol–water partition coefficient (Wildman–Crippen LogP) is 0.313. The number of methoxy groups -OCH3 is 2. The summed E-state index contributed by atoms with van der Waals surface area (Å²) in [4.78, 5) is 0. The smallest absolute Gasteiger partial charge is 0.158 e. The lowest BCUT2D eigenvalue weighted by molar-refractivity contribution is -0.113. The average Bonchev–Trinajstić information content (AvgIpc) is 2.35. The highest BCUT2D eigenvalue weighted by atomic mass is 16.7. The van der Waals surface area contributed by atoms with Gasteiger partial charge in [0, 0.05) is 46.3 Å². The number of nitrogens with one attached hydrogen (secondary N) is 1. The van der Waals surface area contributed by atoms with Gasteiger partial charge in [-0.15, -0.1) is 0 Å². The van der Waals surface area contributed by atoms with Crippen LogP contribution in [0.3, 0.4) is 0 Å². The predicted molar refractivity (Wildman–Crippen MR) is 63.8 cm³/mol. The molecule has 1 fully saturated rings. The molecule has 0 spiro atoms. The molecule has 1 atom stereocenters. The van der Waals surface area contributed by atoms with Crippen molar-refractivity contribution in [1.29, 1.82) is 0 Å². The van der Waals surface area contributed by atoms with Crippen molar-refractivity contribution in [2.45, 2.75) is 38.0 Å². The zero-order chi connectivity index (χ0) is 11.8. The molecule has 0 saturated carbocycles. The molecule has 0 radical (unpaired) electrons. The minimum absolute atomic E-state index is 0.175. The fraction of sp³-hybridized carbons (Fsp3) is 1.00. The Kier molecular flexibility index (Phi) is 6.91. The molecule has 1 saturated heterocycles. The molecule has 0 aromatic carbocycles. The van der Waals surface area contributed by atoms with Crippen LogP contribution in [0, 0.1) is 0 Å². The lowest BCUT2D eigenvalue weighted by atomic mass is 10.1. The van der Waals surface area contributed by atoms with E-state index in [1.165, 1.54) is 19.3 Å². The molecule has 1 heterocycles. The largest absolute Gasteiger partial charge is 0.356 e. The second-order valence-electron chi connectivity index (χ2n) is 4.25. The van der Waals surface area contributed by atoms with Crippen molar-refractivity contribution in [3.05, 3.63) is 0 Å². The molecule has 5 nitrogen and oxygen atoms in total. The number of piperidine rings is 1. The lowest BCUT2D eigenvalue weighted by Gasteiger charge is -2.32. The summed E-state index contributed by atoms with van der Waals surface area (Å²) in [5.74, 6) is 0. The molecule has 0 aliphatic carbocycles. The fourth-order valence-corrected chi connectivity index (χ4v) is 2.00. The second kappa shape index (κ2) is 7.97. The molecular weight excluding hydrogens is 206 g/mol. The molecule has 5 heteroatoms. The molecule has 0 aromatic heterocycles. The van der Waals surface area contributed by atoms with Crippen LogP contribution in [0.2, 0.25) is 0 Å². The first-order valence-corrected chi connectivity index (χ1v) is 6.07. The van der Waals surface area contributed by atoms with Gasteiger partial charge in [-0.05, 0) is 12.8 Å². The zero-order valence-electron chi connectivity index (χ0n) is 10.4. The number of nitrogens with zero attached hydrogens (tertiary/aromatic N) is 1. The number of rotatable bonds is 7. The quantitative estimate of drug-likeness (QED) is 0.618. The Balaban J connectivity index is 2.29. The SMILES string of the molecule is COC(CC(CN)NN1CCCCC1)OC. The number of ether oxygens (including phenoxy) is 2. The minimum atomic E-state index is -0.175. The third-order valence-corrected chi connectivity index (χ3v) is 3.01. The van der Waals surface area contributed by atoms with E-state index in [4.69, 9.17) is 15.2 Å². The van der Waals surface area contributed by atoms with Crippen molar-refractivity contribution in [2.24, 2.45) is 5.73 Å². The first-order chi connectivity index (χ1) is 7.80. The van der Waals surface area contributed by atoms with Gasteiger partial charge in [0.1, 0.15) is 0 Å². The normalized spacial score (nSPS) is 20.2.